The van der Waals surface area contributed by atoms with Crippen molar-refractivity contribution in [3.8, 4) is 0 Å². The lowest BCUT2D eigenvalue weighted by molar-refractivity contribution is -0.153. The minimum atomic E-state index is -1.84. The third-order valence-electron chi connectivity index (χ3n) is 7.16. The van der Waals surface area contributed by atoms with Crippen molar-refractivity contribution in [2.24, 2.45) is 5.92 Å². The first kappa shape index (κ1) is 24.9. The molecule has 5 N–H and O–H groups in total. The van der Waals surface area contributed by atoms with E-state index in [0.717, 1.165) is 42.6 Å². The molecule has 4 rings (SSSR count). The van der Waals surface area contributed by atoms with E-state index in [1.165, 1.54) is 17.0 Å². The fourth-order valence-corrected chi connectivity index (χ4v) is 4.87. The van der Waals surface area contributed by atoms with Gasteiger partial charge in [0.15, 0.2) is 12.2 Å². The lowest BCUT2D eigenvalue weighted by Crippen LogP contribution is -2.51. The lowest BCUT2D eigenvalue weighted by Gasteiger charge is -2.45. The molecule has 0 spiro atoms. The van der Waals surface area contributed by atoms with Crippen LogP contribution in [-0.2, 0) is 22.7 Å². The topological polar surface area (TPSA) is 119 Å². The van der Waals surface area contributed by atoms with E-state index in [9.17, 15) is 24.2 Å². The normalized spacial score (nSPS) is 19.5. The second kappa shape index (κ2) is 10.6. The van der Waals surface area contributed by atoms with Gasteiger partial charge >= 0.3 is 0 Å². The summed E-state index contributed by atoms with van der Waals surface area (Å²) in [5, 5.41) is 23.4. The number of aliphatic hydroxyl groups is 2. The minimum Gasteiger partial charge on any atom is -0.397 e. The van der Waals surface area contributed by atoms with Crippen molar-refractivity contribution in [2.45, 2.75) is 57.5 Å². The molecule has 188 valence electrons. The van der Waals surface area contributed by atoms with Gasteiger partial charge in [-0.1, -0.05) is 37.6 Å². The number of anilines is 2. The number of nitrogens with two attached hydrogens (primary N) is 1. The first-order valence-corrected chi connectivity index (χ1v) is 12.1. The largest absolute Gasteiger partial charge is 0.397 e. The number of amides is 2. The van der Waals surface area contributed by atoms with Crippen molar-refractivity contribution in [3.05, 3.63) is 59.4 Å². The molecule has 2 aromatic rings. The molecule has 35 heavy (non-hydrogen) atoms. The molecule has 2 aliphatic heterocycles. The van der Waals surface area contributed by atoms with Crippen LogP contribution in [0.3, 0.4) is 0 Å². The van der Waals surface area contributed by atoms with Crippen LogP contribution in [0.25, 0.3) is 0 Å². The van der Waals surface area contributed by atoms with E-state index in [2.05, 4.69) is 10.2 Å². The summed E-state index contributed by atoms with van der Waals surface area (Å²) in [6, 6.07) is 12.2. The van der Waals surface area contributed by atoms with Crippen molar-refractivity contribution in [1.82, 2.24) is 10.2 Å². The third kappa shape index (κ3) is 5.41. The molecule has 0 aliphatic carbocycles. The number of nitrogens with zero attached hydrogens (tertiary/aromatic N) is 2. The summed E-state index contributed by atoms with van der Waals surface area (Å²) in [6.45, 7) is 3.85. The monoisotopic (exact) mass is 484 g/mol. The summed E-state index contributed by atoms with van der Waals surface area (Å²) < 4.78 is 13.4. The number of rotatable bonds is 9. The maximum absolute atomic E-state index is 13.4. The summed E-state index contributed by atoms with van der Waals surface area (Å²) in [6.07, 6.45) is -1.12. The van der Waals surface area contributed by atoms with Gasteiger partial charge in [0.1, 0.15) is 5.82 Å². The van der Waals surface area contributed by atoms with Gasteiger partial charge in [-0.25, -0.2) is 4.39 Å². The number of hydrogen-bond acceptors (Lipinski definition) is 6. The first-order valence-electron chi connectivity index (χ1n) is 12.1. The Hall–Kier alpha value is -3.17. The molecule has 0 radical (unpaired) electrons. The minimum absolute atomic E-state index is 0.126. The second-order valence-electron chi connectivity index (χ2n) is 9.45. The fourth-order valence-electron chi connectivity index (χ4n) is 4.87. The van der Waals surface area contributed by atoms with Gasteiger partial charge in [0.2, 0.25) is 0 Å². The molecule has 0 bridgehead atoms. The quantitative estimate of drug-likeness (QED) is 0.403. The predicted molar refractivity (Wildman–Crippen MR) is 131 cm³/mol. The van der Waals surface area contributed by atoms with Gasteiger partial charge in [-0.05, 0) is 48.1 Å². The summed E-state index contributed by atoms with van der Waals surface area (Å²) in [4.78, 5) is 28.8. The molecule has 1 unspecified atom stereocenters. The number of benzene rings is 2. The number of hydrogen-bond donors (Lipinski definition) is 4. The highest BCUT2D eigenvalue weighted by Crippen LogP contribution is 2.35. The average molecular weight is 485 g/mol. The molecular formula is C26H33FN4O4. The Morgan fingerprint density at radius 2 is 1.83 bits per heavy atom. The predicted octanol–water partition coefficient (Wildman–Crippen LogP) is 1.78. The van der Waals surface area contributed by atoms with Crippen molar-refractivity contribution in [3.63, 3.8) is 0 Å². The zero-order valence-corrected chi connectivity index (χ0v) is 19.9. The number of fused-ring (bicyclic) bond motifs is 1. The highest BCUT2D eigenvalue weighted by atomic mass is 19.1. The van der Waals surface area contributed by atoms with Crippen molar-refractivity contribution >= 4 is 23.2 Å². The first-order chi connectivity index (χ1) is 16.8. The van der Waals surface area contributed by atoms with Crippen LogP contribution in [0.5, 0.6) is 0 Å². The Balaban J connectivity index is 1.27. The van der Waals surface area contributed by atoms with Crippen molar-refractivity contribution in [2.75, 3.05) is 23.7 Å². The molecule has 1 saturated heterocycles. The zero-order chi connectivity index (χ0) is 25.1. The Bertz CT molecular complexity index is 1060. The molecule has 2 amide bonds. The molecule has 2 heterocycles. The smallest absolute Gasteiger partial charge is 0.255 e. The van der Waals surface area contributed by atoms with Gasteiger partial charge in [-0.15, -0.1) is 0 Å². The standard InChI is InChI=1S/C26H33FN4O4/c1-2-16(11-20-9-10-31(20)22-8-7-19(27)12-21(22)28)13-29-25(34)23(32)24(33)26(35)30-14-17-5-3-4-6-18(17)15-30/h3-8,12,16,20,23-24,32-33H,2,9-11,13-15,28H2,1H3,(H,29,34)/t16?,20-,23+,24+/m0/s1. The van der Waals surface area contributed by atoms with Gasteiger partial charge < -0.3 is 31.1 Å². The van der Waals surface area contributed by atoms with Gasteiger partial charge in [-0.3, -0.25) is 9.59 Å². The SMILES string of the molecule is CCC(CNC(=O)[C@H](O)[C@@H](O)C(=O)N1Cc2ccccc2C1)C[C@@H]1CCN1c1ccc(F)cc1N. The fraction of sp³-hybridized carbons (Fsp3) is 0.462. The summed E-state index contributed by atoms with van der Waals surface area (Å²) in [7, 11) is 0. The molecule has 4 atom stereocenters. The van der Waals surface area contributed by atoms with Gasteiger partial charge in [0.25, 0.3) is 11.8 Å². The molecule has 0 saturated carbocycles. The van der Waals surface area contributed by atoms with E-state index in [4.69, 9.17) is 5.73 Å². The second-order valence-corrected chi connectivity index (χ2v) is 9.45. The molecular weight excluding hydrogens is 451 g/mol. The molecule has 8 nitrogen and oxygen atoms in total. The van der Waals surface area contributed by atoms with E-state index in [0.29, 0.717) is 25.3 Å². The average Bonchev–Trinajstić information content (AvgIpc) is 3.27. The molecule has 0 aromatic heterocycles. The van der Waals surface area contributed by atoms with Crippen LogP contribution in [0.1, 0.15) is 37.3 Å². The van der Waals surface area contributed by atoms with Gasteiger partial charge in [0, 0.05) is 32.2 Å². The van der Waals surface area contributed by atoms with Crippen molar-refractivity contribution in [1.29, 1.82) is 0 Å². The third-order valence-corrected chi connectivity index (χ3v) is 7.16. The molecule has 1 fully saturated rings. The summed E-state index contributed by atoms with van der Waals surface area (Å²) in [5.74, 6) is -1.68. The van der Waals surface area contributed by atoms with Crippen LogP contribution in [0.15, 0.2) is 42.5 Å². The number of aliphatic hydroxyl groups excluding tert-OH is 2. The lowest BCUT2D eigenvalue weighted by atomic mass is 9.89. The van der Waals surface area contributed by atoms with E-state index < -0.39 is 24.0 Å². The number of nitrogens with one attached hydrogen (secondary N) is 1. The van der Waals surface area contributed by atoms with Gasteiger partial charge in [0.05, 0.1) is 11.4 Å². The van der Waals surface area contributed by atoms with Crippen LogP contribution < -0.4 is 16.0 Å². The number of carbonyl (C=O) groups excluding carboxylic acids is 2. The Labute approximate surface area is 204 Å². The van der Waals surface area contributed by atoms with E-state index in [1.54, 1.807) is 6.07 Å². The van der Waals surface area contributed by atoms with E-state index >= 15 is 0 Å². The molecule has 2 aliphatic rings. The highest BCUT2D eigenvalue weighted by Gasteiger charge is 2.36. The summed E-state index contributed by atoms with van der Waals surface area (Å²) in [5.41, 5.74) is 9.18. The zero-order valence-electron chi connectivity index (χ0n) is 19.9. The van der Waals surface area contributed by atoms with Crippen LogP contribution in [-0.4, -0.2) is 58.3 Å². The van der Waals surface area contributed by atoms with Gasteiger partial charge in [-0.2, -0.15) is 0 Å². The number of halogens is 1. The maximum Gasteiger partial charge on any atom is 0.255 e. The Morgan fingerprint density at radius 1 is 1.14 bits per heavy atom. The molecule has 2 aromatic carbocycles. The maximum atomic E-state index is 13.4. The van der Waals surface area contributed by atoms with Crippen LogP contribution in [0, 0.1) is 11.7 Å². The van der Waals surface area contributed by atoms with Crippen molar-refractivity contribution < 1.29 is 24.2 Å². The Kier molecular flexibility index (Phi) is 7.57. The van der Waals surface area contributed by atoms with E-state index in [1.807, 2.05) is 31.2 Å². The highest BCUT2D eigenvalue weighted by molar-refractivity contribution is 5.91. The number of carbonyl (C=O) groups is 2. The number of nitrogen functional groups attached to an aromatic ring is 1. The Morgan fingerprint density at radius 3 is 2.40 bits per heavy atom. The van der Waals surface area contributed by atoms with Crippen LogP contribution in [0.4, 0.5) is 15.8 Å². The van der Waals surface area contributed by atoms with E-state index in [-0.39, 0.29) is 17.8 Å². The molecule has 9 heteroatoms. The van der Waals surface area contributed by atoms with Crippen LogP contribution in [0.2, 0.25) is 0 Å². The summed E-state index contributed by atoms with van der Waals surface area (Å²) >= 11 is 0. The van der Waals surface area contributed by atoms with Crippen LogP contribution >= 0.6 is 0 Å².